The predicted octanol–water partition coefficient (Wildman–Crippen LogP) is 1.40. The Balaban J connectivity index is 2.11. The summed E-state index contributed by atoms with van der Waals surface area (Å²) >= 11 is 0. The lowest BCUT2D eigenvalue weighted by Gasteiger charge is -2.18. The number of nitrogens with zero attached hydrogens (tertiary/aromatic N) is 3. The Hall–Kier alpha value is -2.14. The summed E-state index contributed by atoms with van der Waals surface area (Å²) in [6.07, 6.45) is 3.57. The molecule has 0 atom stereocenters. The van der Waals surface area contributed by atoms with Gasteiger partial charge in [-0.3, -0.25) is 4.98 Å². The number of hydrazine groups is 1. The van der Waals surface area contributed by atoms with Crippen LogP contribution in [0.25, 0.3) is 0 Å². The Morgan fingerprint density at radius 1 is 1.24 bits per heavy atom. The van der Waals surface area contributed by atoms with Crippen LogP contribution in [0.3, 0.4) is 0 Å². The first kappa shape index (κ1) is 11.3. The van der Waals surface area contributed by atoms with E-state index in [4.69, 9.17) is 5.84 Å². The fraction of sp³-hybridized carbons (Fsp3) is 0.167. The van der Waals surface area contributed by atoms with E-state index in [2.05, 4.69) is 20.3 Å². The molecule has 0 aliphatic carbocycles. The van der Waals surface area contributed by atoms with Crippen LogP contribution in [0.4, 0.5) is 11.6 Å². The van der Waals surface area contributed by atoms with Gasteiger partial charge in [-0.2, -0.15) is 0 Å². The molecule has 0 radical (unpaired) electrons. The van der Waals surface area contributed by atoms with Crippen LogP contribution in [0.5, 0.6) is 0 Å². The SMILES string of the molecule is CN(Cc1ccncc1)c1cccc(NN)n1. The number of hydrogen-bond donors (Lipinski definition) is 2. The summed E-state index contributed by atoms with van der Waals surface area (Å²) in [7, 11) is 1.99. The van der Waals surface area contributed by atoms with Crippen molar-refractivity contribution in [3.05, 3.63) is 48.3 Å². The van der Waals surface area contributed by atoms with Crippen LogP contribution in [0.15, 0.2) is 42.7 Å². The summed E-state index contributed by atoms with van der Waals surface area (Å²) < 4.78 is 0. The van der Waals surface area contributed by atoms with Gasteiger partial charge >= 0.3 is 0 Å². The maximum Gasteiger partial charge on any atom is 0.142 e. The summed E-state index contributed by atoms with van der Waals surface area (Å²) in [5.41, 5.74) is 3.73. The summed E-state index contributed by atoms with van der Waals surface area (Å²) in [6, 6.07) is 9.66. The zero-order valence-corrected chi connectivity index (χ0v) is 9.67. The molecule has 5 heteroatoms. The van der Waals surface area contributed by atoms with Crippen molar-refractivity contribution in [2.24, 2.45) is 5.84 Å². The number of hydrogen-bond acceptors (Lipinski definition) is 5. The van der Waals surface area contributed by atoms with Gasteiger partial charge in [0.25, 0.3) is 0 Å². The fourth-order valence-corrected chi connectivity index (χ4v) is 1.56. The van der Waals surface area contributed by atoms with Crippen LogP contribution >= 0.6 is 0 Å². The number of nitrogen functional groups attached to an aromatic ring is 1. The predicted molar refractivity (Wildman–Crippen MR) is 68.4 cm³/mol. The molecule has 17 heavy (non-hydrogen) atoms. The van der Waals surface area contributed by atoms with Crippen molar-refractivity contribution in [1.82, 2.24) is 9.97 Å². The van der Waals surface area contributed by atoms with Gasteiger partial charge in [-0.05, 0) is 29.8 Å². The smallest absolute Gasteiger partial charge is 0.142 e. The third-order valence-corrected chi connectivity index (χ3v) is 2.44. The largest absolute Gasteiger partial charge is 0.355 e. The number of nitrogens with two attached hydrogens (primary N) is 1. The van der Waals surface area contributed by atoms with E-state index in [1.807, 2.05) is 37.4 Å². The van der Waals surface area contributed by atoms with Gasteiger partial charge in [0.05, 0.1) is 0 Å². The quantitative estimate of drug-likeness (QED) is 0.612. The van der Waals surface area contributed by atoms with E-state index >= 15 is 0 Å². The topological polar surface area (TPSA) is 67.1 Å². The first-order valence-corrected chi connectivity index (χ1v) is 5.33. The van der Waals surface area contributed by atoms with Crippen molar-refractivity contribution in [2.45, 2.75) is 6.54 Å². The van der Waals surface area contributed by atoms with Gasteiger partial charge in [0, 0.05) is 26.0 Å². The average Bonchev–Trinajstić information content (AvgIpc) is 2.40. The molecular weight excluding hydrogens is 214 g/mol. The third-order valence-electron chi connectivity index (χ3n) is 2.44. The maximum atomic E-state index is 5.33. The molecule has 0 amide bonds. The fourth-order valence-electron chi connectivity index (χ4n) is 1.56. The molecule has 0 bridgehead atoms. The van der Waals surface area contributed by atoms with Gasteiger partial charge in [0.2, 0.25) is 0 Å². The minimum absolute atomic E-state index is 0.657. The molecule has 88 valence electrons. The Kier molecular flexibility index (Phi) is 3.52. The minimum atomic E-state index is 0.657. The van der Waals surface area contributed by atoms with E-state index < -0.39 is 0 Å². The Labute approximate surface area is 100 Å². The Morgan fingerprint density at radius 2 is 2.00 bits per heavy atom. The molecule has 3 N–H and O–H groups in total. The highest BCUT2D eigenvalue weighted by molar-refractivity contribution is 5.46. The summed E-state index contributed by atoms with van der Waals surface area (Å²) in [5.74, 6) is 6.86. The van der Waals surface area contributed by atoms with Gasteiger partial charge in [-0.15, -0.1) is 0 Å². The molecule has 0 fully saturated rings. The number of anilines is 2. The second kappa shape index (κ2) is 5.27. The molecule has 5 nitrogen and oxygen atoms in total. The molecule has 0 unspecified atom stereocenters. The molecule has 0 aliphatic rings. The van der Waals surface area contributed by atoms with Crippen molar-refractivity contribution >= 4 is 11.6 Å². The zero-order valence-electron chi connectivity index (χ0n) is 9.67. The van der Waals surface area contributed by atoms with Gasteiger partial charge in [-0.1, -0.05) is 6.07 Å². The van der Waals surface area contributed by atoms with Crippen molar-refractivity contribution in [3.63, 3.8) is 0 Å². The maximum absolute atomic E-state index is 5.33. The molecule has 0 aliphatic heterocycles. The molecule has 0 saturated heterocycles. The van der Waals surface area contributed by atoms with Crippen molar-refractivity contribution < 1.29 is 0 Å². The summed E-state index contributed by atoms with van der Waals surface area (Å²) in [4.78, 5) is 10.4. The molecule has 0 aromatic carbocycles. The number of aromatic nitrogens is 2. The van der Waals surface area contributed by atoms with Crippen LogP contribution in [-0.4, -0.2) is 17.0 Å². The van der Waals surface area contributed by atoms with Gasteiger partial charge in [0.15, 0.2) is 0 Å². The highest BCUT2D eigenvalue weighted by atomic mass is 15.3. The minimum Gasteiger partial charge on any atom is -0.355 e. The first-order chi connectivity index (χ1) is 8.29. The van der Waals surface area contributed by atoms with Crippen molar-refractivity contribution in [3.8, 4) is 0 Å². The van der Waals surface area contributed by atoms with Gasteiger partial charge in [-0.25, -0.2) is 10.8 Å². The second-order valence-electron chi connectivity index (χ2n) is 3.74. The van der Waals surface area contributed by atoms with E-state index in [1.54, 1.807) is 12.4 Å². The molecule has 2 rings (SSSR count). The first-order valence-electron chi connectivity index (χ1n) is 5.33. The van der Waals surface area contributed by atoms with Crippen LogP contribution in [-0.2, 0) is 6.54 Å². The van der Waals surface area contributed by atoms with E-state index in [9.17, 15) is 0 Å². The standard InChI is InChI=1S/C12H15N5/c1-17(9-10-5-7-14-8-6-10)12-4-2-3-11(15-12)16-13/h2-8H,9,13H2,1H3,(H,15,16). The van der Waals surface area contributed by atoms with Crippen LogP contribution < -0.4 is 16.2 Å². The average molecular weight is 229 g/mol. The van der Waals surface area contributed by atoms with Crippen LogP contribution in [0, 0.1) is 0 Å². The number of pyridine rings is 2. The monoisotopic (exact) mass is 229 g/mol. The number of nitrogens with one attached hydrogen (secondary N) is 1. The van der Waals surface area contributed by atoms with E-state index in [1.165, 1.54) is 5.56 Å². The lowest BCUT2D eigenvalue weighted by Crippen LogP contribution is -2.18. The highest BCUT2D eigenvalue weighted by Gasteiger charge is 2.03. The van der Waals surface area contributed by atoms with Crippen LogP contribution in [0.1, 0.15) is 5.56 Å². The molecule has 0 saturated carbocycles. The molecule has 0 spiro atoms. The molecular formula is C12H15N5. The molecule has 2 aromatic heterocycles. The summed E-state index contributed by atoms with van der Waals surface area (Å²) in [5, 5.41) is 0. The summed E-state index contributed by atoms with van der Waals surface area (Å²) in [6.45, 7) is 0.781. The van der Waals surface area contributed by atoms with Crippen molar-refractivity contribution in [2.75, 3.05) is 17.4 Å². The lowest BCUT2D eigenvalue weighted by atomic mass is 10.2. The van der Waals surface area contributed by atoms with Crippen LogP contribution in [0.2, 0.25) is 0 Å². The number of rotatable bonds is 4. The Bertz CT molecular complexity index is 471. The highest BCUT2D eigenvalue weighted by Crippen LogP contribution is 2.14. The van der Waals surface area contributed by atoms with Gasteiger partial charge in [0.1, 0.15) is 11.6 Å². The Morgan fingerprint density at radius 3 is 2.71 bits per heavy atom. The van der Waals surface area contributed by atoms with E-state index in [0.717, 1.165) is 12.4 Å². The van der Waals surface area contributed by atoms with E-state index in [-0.39, 0.29) is 0 Å². The third kappa shape index (κ3) is 2.92. The van der Waals surface area contributed by atoms with Crippen molar-refractivity contribution in [1.29, 1.82) is 0 Å². The molecule has 2 aromatic rings. The lowest BCUT2D eigenvalue weighted by molar-refractivity contribution is 0.895. The zero-order chi connectivity index (χ0) is 12.1. The molecule has 2 heterocycles. The van der Waals surface area contributed by atoms with E-state index in [0.29, 0.717) is 5.82 Å². The van der Waals surface area contributed by atoms with Gasteiger partial charge < -0.3 is 10.3 Å². The normalized spacial score (nSPS) is 10.0. The second-order valence-corrected chi connectivity index (χ2v) is 3.74.